The maximum absolute atomic E-state index is 12.0. The van der Waals surface area contributed by atoms with Crippen LogP contribution in [-0.2, 0) is 9.53 Å². The summed E-state index contributed by atoms with van der Waals surface area (Å²) in [6.07, 6.45) is 0. The third kappa shape index (κ3) is 3.15. The summed E-state index contributed by atoms with van der Waals surface area (Å²) in [6, 6.07) is 2.84. The Kier molecular flexibility index (Phi) is 4.36. The van der Waals surface area contributed by atoms with E-state index in [2.05, 4.69) is 10.6 Å². The first-order valence-corrected chi connectivity index (χ1v) is 6.45. The van der Waals surface area contributed by atoms with Gasteiger partial charge in [0, 0.05) is 12.2 Å². The van der Waals surface area contributed by atoms with E-state index < -0.39 is 12.0 Å². The minimum atomic E-state index is -0.999. The number of hydrogen-bond acceptors (Lipinski definition) is 4. The molecule has 0 radical (unpaired) electrons. The molecule has 20 heavy (non-hydrogen) atoms. The molecule has 0 aromatic heterocycles. The van der Waals surface area contributed by atoms with Crippen molar-refractivity contribution in [1.29, 1.82) is 0 Å². The largest absolute Gasteiger partial charge is 0.478 e. The third-order valence-corrected chi connectivity index (χ3v) is 3.40. The van der Waals surface area contributed by atoms with Crippen molar-refractivity contribution in [2.45, 2.75) is 19.9 Å². The fourth-order valence-corrected chi connectivity index (χ4v) is 2.12. The zero-order valence-corrected chi connectivity index (χ0v) is 11.5. The Morgan fingerprint density at radius 1 is 1.40 bits per heavy atom. The first-order chi connectivity index (χ1) is 9.49. The van der Waals surface area contributed by atoms with Gasteiger partial charge in [-0.05, 0) is 37.1 Å². The van der Waals surface area contributed by atoms with Crippen molar-refractivity contribution in [3.8, 4) is 0 Å². The second kappa shape index (κ2) is 6.02. The fraction of sp³-hybridized carbons (Fsp3) is 0.429. The number of carboxylic acid groups (broad SMARTS) is 1. The van der Waals surface area contributed by atoms with Crippen molar-refractivity contribution in [2.24, 2.45) is 0 Å². The molecular formula is C14H18N2O4. The van der Waals surface area contributed by atoms with Gasteiger partial charge >= 0.3 is 5.97 Å². The lowest BCUT2D eigenvalue weighted by molar-refractivity contribution is -0.120. The number of benzene rings is 1. The van der Waals surface area contributed by atoms with E-state index in [-0.39, 0.29) is 11.5 Å². The van der Waals surface area contributed by atoms with Gasteiger partial charge in [0.2, 0.25) is 5.91 Å². The van der Waals surface area contributed by atoms with E-state index in [9.17, 15) is 9.59 Å². The molecule has 0 aliphatic carbocycles. The number of nitrogens with one attached hydrogen (secondary N) is 2. The van der Waals surface area contributed by atoms with Crippen LogP contribution < -0.4 is 10.6 Å². The first-order valence-electron chi connectivity index (χ1n) is 6.45. The van der Waals surface area contributed by atoms with Crippen molar-refractivity contribution in [3.05, 3.63) is 28.8 Å². The second-order valence-electron chi connectivity index (χ2n) is 4.84. The number of aryl methyl sites for hydroxylation is 1. The zero-order valence-electron chi connectivity index (χ0n) is 11.5. The monoisotopic (exact) mass is 278 g/mol. The molecule has 0 saturated carbocycles. The van der Waals surface area contributed by atoms with Crippen LogP contribution in [0.2, 0.25) is 0 Å². The summed E-state index contributed by atoms with van der Waals surface area (Å²) >= 11 is 0. The molecule has 1 aliphatic heterocycles. The molecule has 0 spiro atoms. The Bertz CT molecular complexity index is 536. The van der Waals surface area contributed by atoms with Gasteiger partial charge < -0.3 is 20.5 Å². The van der Waals surface area contributed by atoms with Crippen LogP contribution >= 0.6 is 0 Å². The lowest BCUT2D eigenvalue weighted by Gasteiger charge is -2.23. The predicted octanol–water partition coefficient (Wildman–Crippen LogP) is 0.929. The summed E-state index contributed by atoms with van der Waals surface area (Å²) in [4.78, 5) is 23.2. The number of carboxylic acids is 1. The van der Waals surface area contributed by atoms with E-state index in [1.807, 2.05) is 6.92 Å². The Morgan fingerprint density at radius 2 is 2.15 bits per heavy atom. The number of aromatic carboxylic acids is 1. The summed E-state index contributed by atoms with van der Waals surface area (Å²) in [5.41, 5.74) is 2.22. The molecule has 1 unspecified atom stereocenters. The van der Waals surface area contributed by atoms with E-state index >= 15 is 0 Å². The maximum atomic E-state index is 12.0. The molecule has 1 aliphatic rings. The van der Waals surface area contributed by atoms with Gasteiger partial charge in [-0.1, -0.05) is 0 Å². The van der Waals surface area contributed by atoms with Crippen molar-refractivity contribution in [2.75, 3.05) is 25.1 Å². The van der Waals surface area contributed by atoms with Crippen LogP contribution in [0.25, 0.3) is 0 Å². The molecule has 0 bridgehead atoms. The predicted molar refractivity (Wildman–Crippen MR) is 74.1 cm³/mol. The number of anilines is 1. The van der Waals surface area contributed by atoms with Crippen molar-refractivity contribution in [1.82, 2.24) is 5.32 Å². The molecule has 1 saturated heterocycles. The molecule has 1 heterocycles. The number of amides is 1. The number of carbonyl (C=O) groups excluding carboxylic acids is 1. The topological polar surface area (TPSA) is 87.7 Å². The Morgan fingerprint density at radius 3 is 2.75 bits per heavy atom. The SMILES string of the molecule is Cc1cc(NC(=O)C2COCCN2)cc(C(=O)O)c1C. The van der Waals surface area contributed by atoms with E-state index in [0.29, 0.717) is 31.0 Å². The highest BCUT2D eigenvalue weighted by molar-refractivity contribution is 5.97. The number of hydrogen-bond donors (Lipinski definition) is 3. The number of morpholine rings is 1. The van der Waals surface area contributed by atoms with Crippen LogP contribution in [0.3, 0.4) is 0 Å². The molecule has 1 aromatic rings. The summed E-state index contributed by atoms with van der Waals surface area (Å²) in [6.45, 7) is 5.12. The number of ether oxygens (including phenoxy) is 1. The van der Waals surface area contributed by atoms with Gasteiger partial charge in [-0.2, -0.15) is 0 Å². The number of carbonyl (C=O) groups is 2. The molecule has 2 rings (SSSR count). The van der Waals surface area contributed by atoms with Crippen molar-refractivity contribution >= 4 is 17.6 Å². The van der Waals surface area contributed by atoms with Crippen LogP contribution in [0.4, 0.5) is 5.69 Å². The molecule has 1 atom stereocenters. The highest BCUT2D eigenvalue weighted by atomic mass is 16.5. The van der Waals surface area contributed by atoms with Gasteiger partial charge in [-0.15, -0.1) is 0 Å². The summed E-state index contributed by atoms with van der Waals surface area (Å²) in [5, 5.41) is 14.9. The lowest BCUT2D eigenvalue weighted by atomic mass is 10.0. The average molecular weight is 278 g/mol. The smallest absolute Gasteiger partial charge is 0.336 e. The van der Waals surface area contributed by atoms with Crippen LogP contribution in [0.1, 0.15) is 21.5 Å². The third-order valence-electron chi connectivity index (χ3n) is 3.40. The lowest BCUT2D eigenvalue weighted by Crippen LogP contribution is -2.48. The normalized spacial score (nSPS) is 18.6. The van der Waals surface area contributed by atoms with Gasteiger partial charge in [0.25, 0.3) is 0 Å². The van der Waals surface area contributed by atoms with Crippen LogP contribution in [0.5, 0.6) is 0 Å². The highest BCUT2D eigenvalue weighted by Crippen LogP contribution is 2.20. The summed E-state index contributed by atoms with van der Waals surface area (Å²) in [5.74, 6) is -1.22. The minimum Gasteiger partial charge on any atom is -0.478 e. The van der Waals surface area contributed by atoms with Crippen LogP contribution in [0, 0.1) is 13.8 Å². The van der Waals surface area contributed by atoms with Crippen molar-refractivity contribution in [3.63, 3.8) is 0 Å². The fourth-order valence-electron chi connectivity index (χ4n) is 2.12. The van der Waals surface area contributed by atoms with E-state index in [1.54, 1.807) is 13.0 Å². The second-order valence-corrected chi connectivity index (χ2v) is 4.84. The Balaban J connectivity index is 2.16. The van der Waals surface area contributed by atoms with Gasteiger partial charge in [-0.25, -0.2) is 4.79 Å². The van der Waals surface area contributed by atoms with E-state index in [4.69, 9.17) is 9.84 Å². The van der Waals surface area contributed by atoms with Crippen LogP contribution in [-0.4, -0.2) is 42.8 Å². The Hall–Kier alpha value is -1.92. The van der Waals surface area contributed by atoms with Crippen LogP contribution in [0.15, 0.2) is 12.1 Å². The van der Waals surface area contributed by atoms with E-state index in [0.717, 1.165) is 5.56 Å². The molecule has 1 amide bonds. The van der Waals surface area contributed by atoms with E-state index in [1.165, 1.54) is 6.07 Å². The van der Waals surface area contributed by atoms with Crippen molar-refractivity contribution < 1.29 is 19.4 Å². The molecule has 6 heteroatoms. The standard InChI is InChI=1S/C14H18N2O4/c1-8-5-10(6-11(9(8)2)14(18)19)16-13(17)12-7-20-4-3-15-12/h5-6,12,15H,3-4,7H2,1-2H3,(H,16,17)(H,18,19). The Labute approximate surface area is 117 Å². The van der Waals surface area contributed by atoms with Gasteiger partial charge in [0.15, 0.2) is 0 Å². The number of rotatable bonds is 3. The average Bonchev–Trinajstić information content (AvgIpc) is 2.43. The maximum Gasteiger partial charge on any atom is 0.336 e. The minimum absolute atomic E-state index is 0.202. The molecule has 108 valence electrons. The van der Waals surface area contributed by atoms with Gasteiger partial charge in [0.1, 0.15) is 6.04 Å². The molecule has 3 N–H and O–H groups in total. The quantitative estimate of drug-likeness (QED) is 0.765. The van der Waals surface area contributed by atoms with Gasteiger partial charge in [-0.3, -0.25) is 4.79 Å². The molecular weight excluding hydrogens is 260 g/mol. The molecule has 1 aromatic carbocycles. The first kappa shape index (κ1) is 14.5. The highest BCUT2D eigenvalue weighted by Gasteiger charge is 2.21. The zero-order chi connectivity index (χ0) is 14.7. The molecule has 6 nitrogen and oxygen atoms in total. The van der Waals surface area contributed by atoms with Gasteiger partial charge in [0.05, 0.1) is 18.8 Å². The summed E-state index contributed by atoms with van der Waals surface area (Å²) in [7, 11) is 0. The molecule has 1 fully saturated rings. The summed E-state index contributed by atoms with van der Waals surface area (Å²) < 4.78 is 5.23.